The number of rotatable bonds is 7. The molecule has 4 heterocycles. The Morgan fingerprint density at radius 1 is 1.11 bits per heavy atom. The van der Waals surface area contributed by atoms with Crippen molar-refractivity contribution in [2.45, 2.75) is 76.4 Å². The van der Waals surface area contributed by atoms with Crippen molar-refractivity contribution in [3.8, 4) is 17.2 Å². The van der Waals surface area contributed by atoms with E-state index in [1.807, 2.05) is 18.2 Å². The second-order valence-corrected chi connectivity index (χ2v) is 13.8. The number of halogens is 3. The molecule has 0 aromatic heterocycles. The lowest BCUT2D eigenvalue weighted by Gasteiger charge is -2.47. The van der Waals surface area contributed by atoms with Gasteiger partial charge in [-0.25, -0.2) is 18.0 Å². The van der Waals surface area contributed by atoms with Gasteiger partial charge in [0.1, 0.15) is 22.9 Å². The summed E-state index contributed by atoms with van der Waals surface area (Å²) in [7, 11) is 0. The number of carbonyl (C=O) groups is 2. The van der Waals surface area contributed by atoms with Crippen LogP contribution in [0.15, 0.2) is 36.4 Å². The zero-order valence-corrected chi connectivity index (χ0v) is 26.3. The van der Waals surface area contributed by atoms with Crippen LogP contribution in [0.2, 0.25) is 0 Å². The highest BCUT2D eigenvalue weighted by Crippen LogP contribution is 2.46. The molecule has 9 nitrogen and oxygen atoms in total. The molecule has 0 unspecified atom stereocenters. The fraction of sp³-hybridized carbons (Fsp3) is 0.559. The number of piperidine rings is 1. The Morgan fingerprint density at radius 3 is 2.37 bits per heavy atom. The normalized spacial score (nSPS) is 21.2. The van der Waals surface area contributed by atoms with Gasteiger partial charge < -0.3 is 24.4 Å². The zero-order chi connectivity index (χ0) is 32.9. The van der Waals surface area contributed by atoms with E-state index in [9.17, 15) is 23.6 Å². The molecule has 1 atom stereocenters. The number of nitriles is 1. The fourth-order valence-corrected chi connectivity index (χ4v) is 6.71. The van der Waals surface area contributed by atoms with E-state index >= 15 is 4.39 Å². The zero-order valence-electron chi connectivity index (χ0n) is 26.3. The molecule has 3 fully saturated rings. The maximum Gasteiger partial charge on any atom is 0.410 e. The molecule has 0 bridgehead atoms. The summed E-state index contributed by atoms with van der Waals surface area (Å²) in [5, 5.41) is 12.1. The second kappa shape index (κ2) is 12.2. The van der Waals surface area contributed by atoms with Crippen molar-refractivity contribution < 1.29 is 37.0 Å². The van der Waals surface area contributed by atoms with Gasteiger partial charge in [0, 0.05) is 32.6 Å². The van der Waals surface area contributed by atoms with Crippen LogP contribution in [0.5, 0.6) is 0 Å². The van der Waals surface area contributed by atoms with Crippen LogP contribution in [0.25, 0.3) is 11.1 Å². The van der Waals surface area contributed by atoms with Gasteiger partial charge in [-0.1, -0.05) is 24.3 Å². The minimum absolute atomic E-state index is 0.166. The van der Waals surface area contributed by atoms with Gasteiger partial charge in [0.15, 0.2) is 0 Å². The minimum Gasteiger partial charge on any atom is -0.444 e. The molecule has 246 valence electrons. The van der Waals surface area contributed by atoms with Crippen LogP contribution >= 0.6 is 0 Å². The molecule has 6 rings (SSSR count). The van der Waals surface area contributed by atoms with Gasteiger partial charge in [-0.05, 0) is 73.6 Å². The van der Waals surface area contributed by atoms with Crippen molar-refractivity contribution in [1.29, 1.82) is 5.26 Å². The number of hydrogen-bond donors (Lipinski definition) is 1. The average Bonchev–Trinajstić information content (AvgIpc) is 3.29. The predicted molar refractivity (Wildman–Crippen MR) is 161 cm³/mol. The second-order valence-electron chi connectivity index (χ2n) is 13.8. The molecule has 1 N–H and O–H groups in total. The van der Waals surface area contributed by atoms with E-state index < -0.39 is 54.4 Å². The van der Waals surface area contributed by atoms with Gasteiger partial charge in [-0.3, -0.25) is 9.69 Å². The third kappa shape index (κ3) is 6.08. The van der Waals surface area contributed by atoms with Crippen LogP contribution in [0.3, 0.4) is 0 Å². The number of benzene rings is 2. The summed E-state index contributed by atoms with van der Waals surface area (Å²) in [5.74, 6) is -1.63. The number of carbonyl (C=O) groups excluding carboxylic acids is 2. The van der Waals surface area contributed by atoms with Gasteiger partial charge in [0.2, 0.25) is 5.91 Å². The summed E-state index contributed by atoms with van der Waals surface area (Å²) in [6.45, 7) is 7.81. The van der Waals surface area contributed by atoms with Crippen molar-refractivity contribution in [1.82, 2.24) is 15.1 Å². The Balaban J connectivity index is 1.11. The molecule has 4 aliphatic heterocycles. The average molecular weight is 641 g/mol. The van der Waals surface area contributed by atoms with E-state index in [4.69, 9.17) is 14.2 Å². The molecule has 0 radical (unpaired) electrons. The highest BCUT2D eigenvalue weighted by molar-refractivity contribution is 5.87. The Hall–Kier alpha value is -3.66. The number of ether oxygens (including phenoxy) is 3. The first-order valence-electron chi connectivity index (χ1n) is 15.7. The molecule has 0 saturated carbocycles. The molecule has 12 heteroatoms. The van der Waals surface area contributed by atoms with Crippen LogP contribution in [0.4, 0.5) is 18.0 Å². The molecular weight excluding hydrogens is 601 g/mol. The Labute approximate surface area is 266 Å². The summed E-state index contributed by atoms with van der Waals surface area (Å²) in [6, 6.07) is 11.9. The lowest BCUT2D eigenvalue weighted by molar-refractivity contribution is -0.160. The minimum atomic E-state index is -3.08. The molecule has 0 aliphatic carbocycles. The van der Waals surface area contributed by atoms with Crippen molar-refractivity contribution in [2.24, 2.45) is 5.41 Å². The lowest BCUT2D eigenvalue weighted by atomic mass is 9.79. The van der Waals surface area contributed by atoms with Crippen molar-refractivity contribution in [2.75, 3.05) is 39.4 Å². The maximum absolute atomic E-state index is 15.4. The monoisotopic (exact) mass is 640 g/mol. The molecule has 46 heavy (non-hydrogen) atoms. The number of fused-ring (bicyclic) bond motifs is 2. The third-order valence-corrected chi connectivity index (χ3v) is 9.59. The topological polar surface area (TPSA) is 104 Å². The van der Waals surface area contributed by atoms with Crippen molar-refractivity contribution >= 4 is 12.0 Å². The van der Waals surface area contributed by atoms with Crippen LogP contribution in [-0.4, -0.2) is 85.3 Å². The predicted octanol–water partition coefficient (Wildman–Crippen LogP) is 4.77. The van der Waals surface area contributed by atoms with E-state index in [1.165, 1.54) is 6.07 Å². The number of alkyl halides is 2. The summed E-state index contributed by atoms with van der Waals surface area (Å²) in [5.41, 5.74) is 0.576. The standard InChI is InChI=1S/C34H39F3N4O5/c1-32(2,3)46-31(43)41-19-33(20-41,29(36)37)30(42)39-25(15-38)12-23-6-4-22(14-28(23)35)21-5-7-24-16-45-34(27(24)13-21)8-10-40(11-9-34)26-17-44-18-26/h4-7,13-14,25-26,29H,8-12,16-20H2,1-3H3,(H,39,42)/t25-/m0/s1. The van der Waals surface area contributed by atoms with Crippen molar-refractivity contribution in [3.63, 3.8) is 0 Å². The first-order valence-corrected chi connectivity index (χ1v) is 15.7. The van der Waals surface area contributed by atoms with E-state index in [1.54, 1.807) is 32.9 Å². The van der Waals surface area contributed by atoms with Crippen LogP contribution in [0, 0.1) is 22.6 Å². The first kappa shape index (κ1) is 32.3. The van der Waals surface area contributed by atoms with Gasteiger partial charge in [-0.2, -0.15) is 5.26 Å². The van der Waals surface area contributed by atoms with Gasteiger partial charge in [0.05, 0.1) is 37.5 Å². The van der Waals surface area contributed by atoms with E-state index in [-0.39, 0.29) is 17.6 Å². The van der Waals surface area contributed by atoms with E-state index in [0.29, 0.717) is 18.2 Å². The quantitative estimate of drug-likeness (QED) is 0.465. The Kier molecular flexibility index (Phi) is 8.54. The highest BCUT2D eigenvalue weighted by atomic mass is 19.3. The van der Waals surface area contributed by atoms with E-state index in [0.717, 1.165) is 60.7 Å². The molecule has 2 aromatic rings. The summed E-state index contributed by atoms with van der Waals surface area (Å²) in [4.78, 5) is 28.7. The van der Waals surface area contributed by atoms with Gasteiger partial charge in [0.25, 0.3) is 6.43 Å². The molecule has 4 aliphatic rings. The molecule has 1 spiro atoms. The van der Waals surface area contributed by atoms with Gasteiger partial charge >= 0.3 is 6.09 Å². The largest absolute Gasteiger partial charge is 0.444 e. The summed E-state index contributed by atoms with van der Waals surface area (Å²) >= 11 is 0. The highest BCUT2D eigenvalue weighted by Gasteiger charge is 2.58. The molecular formula is C34H39F3N4O5. The number of hydrogen-bond acceptors (Lipinski definition) is 7. The van der Waals surface area contributed by atoms with Gasteiger partial charge in [-0.15, -0.1) is 0 Å². The Morgan fingerprint density at radius 2 is 1.78 bits per heavy atom. The van der Waals surface area contributed by atoms with Crippen LogP contribution in [0.1, 0.15) is 50.3 Å². The number of nitrogens with one attached hydrogen (secondary N) is 1. The fourth-order valence-electron chi connectivity index (χ4n) is 6.71. The SMILES string of the molecule is CC(C)(C)OC(=O)N1CC(C(=O)N[C@H](C#N)Cc2ccc(-c3ccc4c(c3)C3(CCN(C5COC5)CC3)OC4)cc2F)(C(F)F)C1. The van der Waals surface area contributed by atoms with Crippen LogP contribution < -0.4 is 5.32 Å². The Bertz CT molecular complexity index is 1540. The third-order valence-electron chi connectivity index (χ3n) is 9.59. The number of nitrogens with zero attached hydrogens (tertiary/aromatic N) is 3. The smallest absolute Gasteiger partial charge is 0.410 e. The first-order chi connectivity index (χ1) is 21.8. The summed E-state index contributed by atoms with van der Waals surface area (Å²) < 4.78 is 60.5. The molecule has 2 aromatic carbocycles. The van der Waals surface area contributed by atoms with Crippen molar-refractivity contribution in [3.05, 3.63) is 58.9 Å². The maximum atomic E-state index is 15.4. The summed E-state index contributed by atoms with van der Waals surface area (Å²) in [6.07, 6.45) is -2.34. The number of amides is 2. The lowest BCUT2D eigenvalue weighted by Crippen LogP contribution is -2.68. The molecule has 2 amide bonds. The van der Waals surface area contributed by atoms with E-state index in [2.05, 4.69) is 16.3 Å². The molecule has 3 saturated heterocycles. The van der Waals surface area contributed by atoms with Crippen LogP contribution in [-0.2, 0) is 37.6 Å². The number of likely N-dealkylation sites (tertiary alicyclic amines) is 2.